The molecule has 0 aliphatic carbocycles. The van der Waals surface area contributed by atoms with Gasteiger partial charge < -0.3 is 5.32 Å². The van der Waals surface area contributed by atoms with Crippen LogP contribution in [-0.2, 0) is 6.54 Å². The molecule has 2 rings (SSSR count). The molecule has 0 unspecified atom stereocenters. The molecular weight excluding hydrogens is 236 g/mol. The van der Waals surface area contributed by atoms with E-state index >= 15 is 0 Å². The first-order valence-corrected chi connectivity index (χ1v) is 5.22. The lowest BCUT2D eigenvalue weighted by molar-refractivity contribution is 0.619. The quantitative estimate of drug-likeness (QED) is 0.904. The van der Waals surface area contributed by atoms with Crippen LogP contribution in [0.3, 0.4) is 0 Å². The Kier molecular flexibility index (Phi) is 3.49. The summed E-state index contributed by atoms with van der Waals surface area (Å²) in [6.07, 6.45) is 2.65. The third kappa shape index (κ3) is 2.80. The third-order valence-corrected chi connectivity index (χ3v) is 2.34. The van der Waals surface area contributed by atoms with Gasteiger partial charge in [0.15, 0.2) is 0 Å². The van der Waals surface area contributed by atoms with Crippen molar-refractivity contribution in [3.63, 3.8) is 0 Å². The van der Waals surface area contributed by atoms with E-state index in [1.54, 1.807) is 6.07 Å². The molecule has 1 aromatic carbocycles. The van der Waals surface area contributed by atoms with Crippen molar-refractivity contribution in [2.24, 2.45) is 0 Å². The number of aromatic nitrogens is 1. The number of anilines is 1. The second-order valence-electron chi connectivity index (χ2n) is 3.67. The van der Waals surface area contributed by atoms with Gasteiger partial charge in [0.25, 0.3) is 0 Å². The van der Waals surface area contributed by atoms with Crippen LogP contribution in [0.2, 0.25) is 0 Å². The fourth-order valence-electron chi connectivity index (χ4n) is 1.48. The minimum Gasteiger partial charge on any atom is -0.381 e. The fraction of sp³-hybridized carbons (Fsp3) is 0.0769. The highest BCUT2D eigenvalue weighted by Crippen LogP contribution is 2.15. The van der Waals surface area contributed by atoms with Crippen molar-refractivity contribution in [2.45, 2.75) is 6.54 Å². The summed E-state index contributed by atoms with van der Waals surface area (Å²) >= 11 is 0. The summed E-state index contributed by atoms with van der Waals surface area (Å²) in [6.45, 7) is 0.348. The maximum absolute atomic E-state index is 13.1. The van der Waals surface area contributed by atoms with E-state index < -0.39 is 11.6 Å². The minimum absolute atomic E-state index is 0.0302. The zero-order chi connectivity index (χ0) is 13.0. The van der Waals surface area contributed by atoms with Gasteiger partial charge >= 0.3 is 0 Å². The molecule has 1 aromatic heterocycles. The molecule has 0 amide bonds. The lowest BCUT2D eigenvalue weighted by Crippen LogP contribution is -2.01. The van der Waals surface area contributed by atoms with Gasteiger partial charge in [0, 0.05) is 18.4 Å². The molecule has 0 saturated heterocycles. The molecule has 90 valence electrons. The van der Waals surface area contributed by atoms with Gasteiger partial charge in [-0.25, -0.2) is 8.78 Å². The number of hydrogen-bond donors (Lipinski definition) is 1. The van der Waals surface area contributed by atoms with Crippen molar-refractivity contribution >= 4 is 5.69 Å². The molecule has 0 radical (unpaired) electrons. The van der Waals surface area contributed by atoms with Crippen molar-refractivity contribution in [3.05, 3.63) is 59.4 Å². The van der Waals surface area contributed by atoms with E-state index in [4.69, 9.17) is 5.26 Å². The van der Waals surface area contributed by atoms with E-state index in [2.05, 4.69) is 10.3 Å². The average Bonchev–Trinajstić information content (AvgIpc) is 2.38. The SMILES string of the molecule is N#Cc1cc(NCc2cncc(F)c2)ccc1F. The van der Waals surface area contributed by atoms with Crippen LogP contribution in [0.4, 0.5) is 14.5 Å². The second kappa shape index (κ2) is 5.23. The molecule has 18 heavy (non-hydrogen) atoms. The number of halogens is 2. The Bertz CT molecular complexity index is 605. The number of nitrogens with zero attached hydrogens (tertiary/aromatic N) is 2. The van der Waals surface area contributed by atoms with Crippen LogP contribution >= 0.6 is 0 Å². The molecule has 0 aliphatic rings. The fourth-order valence-corrected chi connectivity index (χ4v) is 1.48. The molecule has 0 atom stereocenters. The number of pyridine rings is 1. The van der Waals surface area contributed by atoms with Crippen molar-refractivity contribution in [1.82, 2.24) is 4.98 Å². The van der Waals surface area contributed by atoms with Gasteiger partial charge in [-0.1, -0.05) is 0 Å². The first-order chi connectivity index (χ1) is 8.69. The van der Waals surface area contributed by atoms with Gasteiger partial charge in [-0.2, -0.15) is 5.26 Å². The number of hydrogen-bond acceptors (Lipinski definition) is 3. The Hall–Kier alpha value is -2.48. The highest BCUT2D eigenvalue weighted by atomic mass is 19.1. The summed E-state index contributed by atoms with van der Waals surface area (Å²) in [5, 5.41) is 11.7. The summed E-state index contributed by atoms with van der Waals surface area (Å²) < 4.78 is 26.0. The number of nitriles is 1. The van der Waals surface area contributed by atoms with Crippen LogP contribution in [0.25, 0.3) is 0 Å². The average molecular weight is 245 g/mol. The van der Waals surface area contributed by atoms with Crippen LogP contribution in [0.5, 0.6) is 0 Å². The van der Waals surface area contributed by atoms with E-state index in [9.17, 15) is 8.78 Å². The zero-order valence-electron chi connectivity index (χ0n) is 9.32. The normalized spacial score (nSPS) is 9.83. The summed E-state index contributed by atoms with van der Waals surface area (Å²) in [4.78, 5) is 3.72. The molecule has 0 fully saturated rings. The van der Waals surface area contributed by atoms with Crippen LogP contribution in [0, 0.1) is 23.0 Å². The minimum atomic E-state index is -0.560. The molecular formula is C13H9F2N3. The van der Waals surface area contributed by atoms with E-state index in [1.165, 1.54) is 30.5 Å². The zero-order valence-corrected chi connectivity index (χ0v) is 9.32. The van der Waals surface area contributed by atoms with Gasteiger partial charge in [-0.05, 0) is 29.8 Å². The molecule has 3 nitrogen and oxygen atoms in total. The van der Waals surface area contributed by atoms with Crippen molar-refractivity contribution < 1.29 is 8.78 Å². The Labute approximate surface area is 103 Å². The molecule has 1 heterocycles. The maximum Gasteiger partial charge on any atom is 0.141 e. The predicted octanol–water partition coefficient (Wildman–Crippen LogP) is 2.84. The van der Waals surface area contributed by atoms with Crippen LogP contribution in [-0.4, -0.2) is 4.98 Å². The highest BCUT2D eigenvalue weighted by molar-refractivity contribution is 5.50. The molecule has 0 saturated carbocycles. The standard InChI is InChI=1S/C13H9F2N3/c14-11-3-9(6-17-8-11)7-18-12-1-2-13(15)10(4-12)5-16/h1-4,6,8,18H,7H2. The summed E-state index contributed by atoms with van der Waals surface area (Å²) in [6, 6.07) is 7.25. The van der Waals surface area contributed by atoms with Crippen molar-refractivity contribution in [3.8, 4) is 6.07 Å². The highest BCUT2D eigenvalue weighted by Gasteiger charge is 2.02. The van der Waals surface area contributed by atoms with Gasteiger partial charge in [0.05, 0.1) is 11.8 Å². The van der Waals surface area contributed by atoms with Gasteiger partial charge in [-0.15, -0.1) is 0 Å². The van der Waals surface area contributed by atoms with Crippen LogP contribution in [0.15, 0.2) is 36.7 Å². The molecule has 1 N–H and O–H groups in total. The summed E-state index contributed by atoms with van der Waals surface area (Å²) in [5.74, 6) is -0.971. The van der Waals surface area contributed by atoms with Crippen LogP contribution < -0.4 is 5.32 Å². The molecule has 5 heteroatoms. The Morgan fingerprint density at radius 1 is 1.22 bits per heavy atom. The Balaban J connectivity index is 2.09. The Morgan fingerprint density at radius 3 is 2.78 bits per heavy atom. The second-order valence-corrected chi connectivity index (χ2v) is 3.67. The van der Waals surface area contributed by atoms with Crippen molar-refractivity contribution in [2.75, 3.05) is 5.32 Å². The van der Waals surface area contributed by atoms with Gasteiger partial charge in [-0.3, -0.25) is 4.98 Å². The number of rotatable bonds is 3. The first kappa shape index (κ1) is 12.0. The topological polar surface area (TPSA) is 48.7 Å². The first-order valence-electron chi connectivity index (χ1n) is 5.22. The molecule has 0 bridgehead atoms. The van der Waals surface area contributed by atoms with Gasteiger partial charge in [0.2, 0.25) is 0 Å². The monoisotopic (exact) mass is 245 g/mol. The number of benzene rings is 1. The summed E-state index contributed by atoms with van der Waals surface area (Å²) in [5.41, 5.74) is 1.23. The number of nitrogens with one attached hydrogen (secondary N) is 1. The van der Waals surface area contributed by atoms with Crippen LogP contribution in [0.1, 0.15) is 11.1 Å². The third-order valence-electron chi connectivity index (χ3n) is 2.34. The molecule has 0 aliphatic heterocycles. The van der Waals surface area contributed by atoms with Gasteiger partial charge in [0.1, 0.15) is 17.7 Å². The van der Waals surface area contributed by atoms with E-state index in [0.29, 0.717) is 17.8 Å². The summed E-state index contributed by atoms with van der Waals surface area (Å²) in [7, 11) is 0. The largest absolute Gasteiger partial charge is 0.381 e. The predicted molar refractivity (Wildman–Crippen MR) is 62.6 cm³/mol. The maximum atomic E-state index is 13.1. The lowest BCUT2D eigenvalue weighted by atomic mass is 10.2. The van der Waals surface area contributed by atoms with Crippen molar-refractivity contribution in [1.29, 1.82) is 5.26 Å². The van der Waals surface area contributed by atoms with E-state index in [-0.39, 0.29) is 5.56 Å². The smallest absolute Gasteiger partial charge is 0.141 e. The van der Waals surface area contributed by atoms with E-state index in [1.807, 2.05) is 0 Å². The molecule has 2 aromatic rings. The lowest BCUT2D eigenvalue weighted by Gasteiger charge is -2.06. The molecule has 0 spiro atoms. The Morgan fingerprint density at radius 2 is 2.06 bits per heavy atom. The van der Waals surface area contributed by atoms with E-state index in [0.717, 1.165) is 6.20 Å².